The third-order valence-electron chi connectivity index (χ3n) is 2.65. The first-order valence-corrected chi connectivity index (χ1v) is 8.68. The van der Waals surface area contributed by atoms with Crippen LogP contribution in [0.5, 0.6) is 0 Å². The molecule has 0 aromatic heterocycles. The molecule has 0 spiro atoms. The van der Waals surface area contributed by atoms with E-state index in [0.717, 1.165) is 22.1 Å². The van der Waals surface area contributed by atoms with Gasteiger partial charge in [-0.15, -0.1) is 11.8 Å². The molecule has 1 N–H and O–H groups in total. The molecule has 0 heterocycles. The minimum absolute atomic E-state index is 0.0333. The number of ether oxygens (including phenoxy) is 1. The van der Waals surface area contributed by atoms with Gasteiger partial charge < -0.3 is 10.1 Å². The fourth-order valence-corrected chi connectivity index (χ4v) is 2.65. The second kappa shape index (κ2) is 10.5. The molecule has 1 aromatic rings. The predicted octanol–water partition coefficient (Wildman–Crippen LogP) is 3.67. The van der Waals surface area contributed by atoms with Crippen molar-refractivity contribution in [1.29, 1.82) is 0 Å². The molecular formula is C16H22ClNO3S. The lowest BCUT2D eigenvalue weighted by Gasteiger charge is -2.08. The molecule has 1 aromatic carbocycles. The van der Waals surface area contributed by atoms with E-state index in [4.69, 9.17) is 16.3 Å². The Balaban J connectivity index is 2.06. The van der Waals surface area contributed by atoms with E-state index in [2.05, 4.69) is 5.32 Å². The summed E-state index contributed by atoms with van der Waals surface area (Å²) >= 11 is 7.51. The van der Waals surface area contributed by atoms with E-state index in [9.17, 15) is 9.59 Å². The Bertz CT molecular complexity index is 477. The largest absolute Gasteiger partial charge is 0.463 e. The average molecular weight is 344 g/mol. The van der Waals surface area contributed by atoms with Crippen molar-refractivity contribution in [1.82, 2.24) is 5.32 Å². The van der Waals surface area contributed by atoms with Crippen molar-refractivity contribution in [2.75, 3.05) is 12.3 Å². The van der Waals surface area contributed by atoms with Crippen LogP contribution in [0.2, 0.25) is 5.02 Å². The Morgan fingerprint density at radius 2 is 1.91 bits per heavy atom. The third kappa shape index (κ3) is 8.95. The van der Waals surface area contributed by atoms with Gasteiger partial charge in [-0.05, 0) is 50.3 Å². The fraction of sp³-hybridized carbons (Fsp3) is 0.500. The van der Waals surface area contributed by atoms with Crippen molar-refractivity contribution in [2.45, 2.75) is 44.1 Å². The van der Waals surface area contributed by atoms with Gasteiger partial charge in [-0.25, -0.2) is 0 Å². The van der Waals surface area contributed by atoms with Crippen LogP contribution in [0, 0.1) is 0 Å². The zero-order valence-corrected chi connectivity index (χ0v) is 14.5. The number of hydrogen-bond acceptors (Lipinski definition) is 4. The first-order valence-electron chi connectivity index (χ1n) is 7.32. The van der Waals surface area contributed by atoms with Crippen molar-refractivity contribution in [2.24, 2.45) is 0 Å². The standard InChI is InChI=1S/C16H22ClNO3S/c1-12(2)21-16(20)9-10-18-15(19)4-3-11-22-14-7-5-13(17)6-8-14/h5-8,12H,3-4,9-11H2,1-2H3,(H,18,19). The van der Waals surface area contributed by atoms with E-state index in [1.54, 1.807) is 25.6 Å². The maximum absolute atomic E-state index is 11.6. The third-order valence-corrected chi connectivity index (χ3v) is 4.00. The number of esters is 1. The molecular weight excluding hydrogens is 322 g/mol. The van der Waals surface area contributed by atoms with Gasteiger partial charge in [0.25, 0.3) is 0 Å². The topological polar surface area (TPSA) is 55.4 Å². The molecule has 22 heavy (non-hydrogen) atoms. The summed E-state index contributed by atoms with van der Waals surface area (Å²) in [6, 6.07) is 7.64. The molecule has 4 nitrogen and oxygen atoms in total. The van der Waals surface area contributed by atoms with E-state index in [1.165, 1.54) is 0 Å². The highest BCUT2D eigenvalue weighted by Gasteiger charge is 2.06. The molecule has 0 aliphatic carbocycles. The summed E-state index contributed by atoms with van der Waals surface area (Å²) in [5.41, 5.74) is 0. The number of amides is 1. The molecule has 122 valence electrons. The quantitative estimate of drug-likeness (QED) is 0.422. The molecule has 1 rings (SSSR count). The van der Waals surface area contributed by atoms with Gasteiger partial charge in [-0.1, -0.05) is 11.6 Å². The minimum Gasteiger partial charge on any atom is -0.463 e. The van der Waals surface area contributed by atoms with Crippen molar-refractivity contribution in [3.63, 3.8) is 0 Å². The maximum Gasteiger partial charge on any atom is 0.307 e. The van der Waals surface area contributed by atoms with E-state index >= 15 is 0 Å². The lowest BCUT2D eigenvalue weighted by atomic mass is 10.3. The molecule has 0 radical (unpaired) electrons. The summed E-state index contributed by atoms with van der Waals surface area (Å²) in [5.74, 6) is 0.549. The molecule has 0 aliphatic rings. The fourth-order valence-electron chi connectivity index (χ4n) is 1.67. The van der Waals surface area contributed by atoms with Gasteiger partial charge >= 0.3 is 5.97 Å². The summed E-state index contributed by atoms with van der Waals surface area (Å²) in [6.45, 7) is 3.93. The summed E-state index contributed by atoms with van der Waals surface area (Å²) in [7, 11) is 0. The highest BCUT2D eigenvalue weighted by atomic mass is 35.5. The molecule has 1 amide bonds. The molecule has 6 heteroatoms. The van der Waals surface area contributed by atoms with E-state index in [-0.39, 0.29) is 24.4 Å². The normalized spacial score (nSPS) is 10.5. The van der Waals surface area contributed by atoms with E-state index in [0.29, 0.717) is 13.0 Å². The molecule has 0 atom stereocenters. The number of thioether (sulfide) groups is 1. The van der Waals surface area contributed by atoms with Gasteiger partial charge in [-0.2, -0.15) is 0 Å². The van der Waals surface area contributed by atoms with Crippen LogP contribution >= 0.6 is 23.4 Å². The Hall–Kier alpha value is -1.20. The van der Waals surface area contributed by atoms with Gasteiger partial charge in [0.15, 0.2) is 0 Å². The number of halogens is 1. The minimum atomic E-state index is -0.284. The van der Waals surface area contributed by atoms with Crippen LogP contribution in [0.4, 0.5) is 0 Å². The average Bonchev–Trinajstić information content (AvgIpc) is 2.44. The van der Waals surface area contributed by atoms with Crippen LogP contribution in [0.15, 0.2) is 29.2 Å². The van der Waals surface area contributed by atoms with Crippen LogP contribution in [-0.4, -0.2) is 30.3 Å². The van der Waals surface area contributed by atoms with E-state index in [1.807, 2.05) is 24.3 Å². The Morgan fingerprint density at radius 3 is 2.55 bits per heavy atom. The zero-order valence-electron chi connectivity index (χ0n) is 12.9. The lowest BCUT2D eigenvalue weighted by Crippen LogP contribution is -2.26. The summed E-state index contributed by atoms with van der Waals surface area (Å²) in [6.07, 6.45) is 1.34. The molecule has 0 fully saturated rings. The number of rotatable bonds is 9. The summed E-state index contributed by atoms with van der Waals surface area (Å²) in [4.78, 5) is 24.0. The second-order valence-electron chi connectivity index (χ2n) is 5.04. The summed E-state index contributed by atoms with van der Waals surface area (Å²) < 4.78 is 4.98. The Labute approximate surface area is 140 Å². The number of hydrogen-bond donors (Lipinski definition) is 1. The van der Waals surface area contributed by atoms with Crippen LogP contribution in [-0.2, 0) is 14.3 Å². The van der Waals surface area contributed by atoms with Gasteiger partial charge in [0.05, 0.1) is 12.5 Å². The number of carbonyl (C=O) groups excluding carboxylic acids is 2. The Kier molecular flexibility index (Phi) is 9.01. The molecule has 0 bridgehead atoms. The predicted molar refractivity (Wildman–Crippen MR) is 90.3 cm³/mol. The number of nitrogens with one attached hydrogen (secondary N) is 1. The van der Waals surface area contributed by atoms with E-state index < -0.39 is 0 Å². The molecule has 0 aliphatic heterocycles. The van der Waals surface area contributed by atoms with Crippen molar-refractivity contribution in [3.05, 3.63) is 29.3 Å². The first-order chi connectivity index (χ1) is 10.5. The summed E-state index contributed by atoms with van der Waals surface area (Å²) in [5, 5.41) is 3.45. The Morgan fingerprint density at radius 1 is 1.23 bits per heavy atom. The van der Waals surface area contributed by atoms with Gasteiger partial charge in [0, 0.05) is 22.9 Å². The highest BCUT2D eigenvalue weighted by molar-refractivity contribution is 7.99. The van der Waals surface area contributed by atoms with Gasteiger partial charge in [-0.3, -0.25) is 9.59 Å². The van der Waals surface area contributed by atoms with Gasteiger partial charge in [0.1, 0.15) is 0 Å². The zero-order chi connectivity index (χ0) is 16.4. The molecule has 0 unspecified atom stereocenters. The van der Waals surface area contributed by atoms with Crippen LogP contribution in [0.3, 0.4) is 0 Å². The number of benzene rings is 1. The van der Waals surface area contributed by atoms with Gasteiger partial charge in [0.2, 0.25) is 5.91 Å². The number of carbonyl (C=O) groups is 2. The SMILES string of the molecule is CC(C)OC(=O)CCNC(=O)CCCSc1ccc(Cl)cc1. The lowest BCUT2D eigenvalue weighted by molar-refractivity contribution is -0.147. The van der Waals surface area contributed by atoms with Crippen LogP contribution < -0.4 is 5.32 Å². The molecule has 0 saturated carbocycles. The first kappa shape index (κ1) is 18.8. The maximum atomic E-state index is 11.6. The van der Waals surface area contributed by atoms with Crippen molar-refractivity contribution < 1.29 is 14.3 Å². The van der Waals surface area contributed by atoms with Crippen LogP contribution in [0.1, 0.15) is 33.1 Å². The smallest absolute Gasteiger partial charge is 0.307 e. The van der Waals surface area contributed by atoms with Crippen molar-refractivity contribution in [3.8, 4) is 0 Å². The highest BCUT2D eigenvalue weighted by Crippen LogP contribution is 2.21. The monoisotopic (exact) mass is 343 g/mol. The van der Waals surface area contributed by atoms with Crippen LogP contribution in [0.25, 0.3) is 0 Å². The second-order valence-corrected chi connectivity index (χ2v) is 6.65. The molecule has 0 saturated heterocycles. The van der Waals surface area contributed by atoms with Crippen molar-refractivity contribution >= 4 is 35.2 Å².